The highest BCUT2D eigenvalue weighted by molar-refractivity contribution is 6.33. The molecule has 0 aliphatic carbocycles. The average Bonchev–Trinajstić information content (AvgIpc) is 3.04. The smallest absolute Gasteiger partial charge is 0.305 e. The molecule has 0 aliphatic rings. The molecule has 0 saturated carbocycles. The van der Waals surface area contributed by atoms with Crippen molar-refractivity contribution in [2.24, 2.45) is 0 Å². The van der Waals surface area contributed by atoms with Crippen molar-refractivity contribution in [3.8, 4) is 11.6 Å². The maximum absolute atomic E-state index is 14.0. The molecule has 7 nitrogen and oxygen atoms in total. The van der Waals surface area contributed by atoms with Crippen LogP contribution in [0.15, 0.2) is 42.5 Å². The zero-order valence-electron chi connectivity index (χ0n) is 14.9. The molecular formula is C19H13Cl2F2N3O4. The fourth-order valence-corrected chi connectivity index (χ4v) is 3.17. The Morgan fingerprint density at radius 3 is 2.53 bits per heavy atom. The highest BCUT2D eigenvalue weighted by Crippen LogP contribution is 2.29. The number of hydrogen-bond donors (Lipinski definition) is 3. The number of carbonyl (C=O) groups excluding carboxylic acids is 1. The number of halogens is 4. The van der Waals surface area contributed by atoms with Crippen LogP contribution in [-0.4, -0.2) is 31.9 Å². The Kier molecular flexibility index (Phi) is 6.23. The van der Waals surface area contributed by atoms with Gasteiger partial charge in [-0.25, -0.2) is 8.78 Å². The van der Waals surface area contributed by atoms with Gasteiger partial charge in [-0.3, -0.25) is 9.59 Å². The van der Waals surface area contributed by atoms with Gasteiger partial charge in [0.05, 0.1) is 12.5 Å². The Bertz CT molecular complexity index is 1140. The fourth-order valence-electron chi connectivity index (χ4n) is 2.74. The van der Waals surface area contributed by atoms with E-state index in [0.29, 0.717) is 10.7 Å². The molecule has 1 amide bonds. The molecule has 156 valence electrons. The highest BCUT2D eigenvalue weighted by atomic mass is 35.5. The summed E-state index contributed by atoms with van der Waals surface area (Å²) in [7, 11) is 0. The molecule has 3 N–H and O–H groups in total. The van der Waals surface area contributed by atoms with Crippen molar-refractivity contribution in [3.63, 3.8) is 0 Å². The van der Waals surface area contributed by atoms with Crippen LogP contribution in [0.2, 0.25) is 10.0 Å². The van der Waals surface area contributed by atoms with E-state index in [-0.39, 0.29) is 27.0 Å². The van der Waals surface area contributed by atoms with Crippen LogP contribution in [0.4, 0.5) is 8.78 Å². The van der Waals surface area contributed by atoms with Crippen LogP contribution in [0.1, 0.15) is 28.5 Å². The van der Waals surface area contributed by atoms with Crippen LogP contribution in [0.5, 0.6) is 5.88 Å². The minimum atomic E-state index is -1.21. The molecule has 0 spiro atoms. The van der Waals surface area contributed by atoms with Crippen LogP contribution in [0.25, 0.3) is 5.69 Å². The van der Waals surface area contributed by atoms with E-state index in [9.17, 15) is 28.6 Å². The predicted molar refractivity (Wildman–Crippen MR) is 104 cm³/mol. The van der Waals surface area contributed by atoms with E-state index >= 15 is 0 Å². The minimum absolute atomic E-state index is 0.188. The number of aliphatic carboxylic acids is 1. The second kappa shape index (κ2) is 8.68. The molecule has 3 aromatic rings. The second-order valence-corrected chi connectivity index (χ2v) is 7.03. The molecule has 0 bridgehead atoms. The largest absolute Gasteiger partial charge is 0.493 e. The summed E-state index contributed by atoms with van der Waals surface area (Å²) in [5.74, 6) is -4.47. The Morgan fingerprint density at radius 2 is 1.87 bits per heavy atom. The van der Waals surface area contributed by atoms with Gasteiger partial charge in [-0.15, -0.1) is 0 Å². The van der Waals surface area contributed by atoms with E-state index in [4.69, 9.17) is 23.2 Å². The molecule has 3 rings (SSSR count). The Hall–Kier alpha value is -3.17. The Balaban J connectivity index is 1.91. The number of carboxylic acids is 1. The van der Waals surface area contributed by atoms with Crippen molar-refractivity contribution < 1.29 is 28.6 Å². The van der Waals surface area contributed by atoms with Crippen LogP contribution < -0.4 is 5.32 Å². The number of hydrogen-bond acceptors (Lipinski definition) is 4. The molecule has 2 aromatic carbocycles. The van der Waals surface area contributed by atoms with Crippen molar-refractivity contribution in [1.29, 1.82) is 0 Å². The first-order valence-electron chi connectivity index (χ1n) is 8.37. The van der Waals surface area contributed by atoms with E-state index < -0.39 is 41.9 Å². The van der Waals surface area contributed by atoms with Gasteiger partial charge in [0, 0.05) is 22.2 Å². The lowest BCUT2D eigenvalue weighted by atomic mass is 10.0. The van der Waals surface area contributed by atoms with Gasteiger partial charge in [-0.2, -0.15) is 9.78 Å². The number of carbonyl (C=O) groups is 2. The molecule has 11 heteroatoms. The van der Waals surface area contributed by atoms with Gasteiger partial charge in [0.25, 0.3) is 5.91 Å². The molecule has 30 heavy (non-hydrogen) atoms. The number of rotatable bonds is 6. The van der Waals surface area contributed by atoms with Crippen LogP contribution >= 0.6 is 23.2 Å². The summed E-state index contributed by atoms with van der Waals surface area (Å²) < 4.78 is 27.8. The van der Waals surface area contributed by atoms with Gasteiger partial charge in [0.2, 0.25) is 5.88 Å². The lowest BCUT2D eigenvalue weighted by Gasteiger charge is -2.18. The van der Waals surface area contributed by atoms with Crippen molar-refractivity contribution in [2.75, 3.05) is 0 Å². The van der Waals surface area contributed by atoms with Gasteiger partial charge in [0.1, 0.15) is 11.5 Å². The SMILES string of the molecule is O=C(O)CC(NC(=O)c1cc(O)n(-c2ccc(F)cc2F)n1)c1cc(Cl)ccc1Cl. The molecule has 1 atom stereocenters. The van der Waals surface area contributed by atoms with E-state index in [0.717, 1.165) is 18.2 Å². The number of aromatic nitrogens is 2. The Labute approximate surface area is 178 Å². The summed E-state index contributed by atoms with van der Waals surface area (Å²) in [6.45, 7) is 0. The monoisotopic (exact) mass is 455 g/mol. The molecule has 0 saturated heterocycles. The lowest BCUT2D eigenvalue weighted by Crippen LogP contribution is -2.30. The number of aromatic hydroxyl groups is 1. The van der Waals surface area contributed by atoms with Gasteiger partial charge >= 0.3 is 5.97 Å². The summed E-state index contributed by atoms with van der Waals surface area (Å²) in [5.41, 5.74) is -0.342. The average molecular weight is 456 g/mol. The van der Waals surface area contributed by atoms with Gasteiger partial charge < -0.3 is 15.5 Å². The minimum Gasteiger partial charge on any atom is -0.493 e. The molecule has 1 heterocycles. The molecule has 1 aromatic heterocycles. The molecule has 0 aliphatic heterocycles. The van der Waals surface area contributed by atoms with Crippen molar-refractivity contribution in [2.45, 2.75) is 12.5 Å². The zero-order chi connectivity index (χ0) is 22.0. The Morgan fingerprint density at radius 1 is 1.13 bits per heavy atom. The molecule has 0 radical (unpaired) electrons. The van der Waals surface area contributed by atoms with E-state index in [1.165, 1.54) is 18.2 Å². The number of benzene rings is 2. The number of nitrogens with zero attached hydrogens (tertiary/aromatic N) is 2. The topological polar surface area (TPSA) is 104 Å². The first-order valence-corrected chi connectivity index (χ1v) is 9.13. The van der Waals surface area contributed by atoms with Crippen molar-refractivity contribution >= 4 is 35.1 Å². The summed E-state index contributed by atoms with van der Waals surface area (Å²) in [4.78, 5) is 23.9. The fraction of sp³-hybridized carbons (Fsp3) is 0.105. The van der Waals surface area contributed by atoms with Crippen molar-refractivity contribution in [3.05, 3.63) is 75.4 Å². The van der Waals surface area contributed by atoms with E-state index in [1.807, 2.05) is 0 Å². The summed E-state index contributed by atoms with van der Waals surface area (Å²) in [6, 6.07) is 6.87. The van der Waals surface area contributed by atoms with Crippen molar-refractivity contribution in [1.82, 2.24) is 15.1 Å². The van der Waals surface area contributed by atoms with E-state index in [2.05, 4.69) is 10.4 Å². The zero-order valence-corrected chi connectivity index (χ0v) is 16.5. The third kappa shape index (κ3) is 4.69. The molecule has 0 fully saturated rings. The van der Waals surface area contributed by atoms with Gasteiger partial charge in [-0.05, 0) is 35.9 Å². The van der Waals surface area contributed by atoms with Crippen LogP contribution in [-0.2, 0) is 4.79 Å². The third-order valence-corrected chi connectivity index (χ3v) is 4.66. The standard InChI is InChI=1S/C19H13Cl2F2N3O4/c20-9-1-3-12(21)11(5-9)14(8-18(28)29)24-19(30)15-7-17(27)26(25-15)16-4-2-10(22)6-13(16)23/h1-7,14,27H,8H2,(H,24,30)(H,28,29). The normalized spacial score (nSPS) is 11.9. The molecule has 1 unspecified atom stereocenters. The second-order valence-electron chi connectivity index (χ2n) is 6.19. The van der Waals surface area contributed by atoms with Crippen LogP contribution in [0, 0.1) is 11.6 Å². The predicted octanol–water partition coefficient (Wildman–Crippen LogP) is 4.11. The third-order valence-electron chi connectivity index (χ3n) is 4.08. The maximum Gasteiger partial charge on any atom is 0.305 e. The summed E-state index contributed by atoms with van der Waals surface area (Å²) in [5, 5.41) is 26.0. The van der Waals surface area contributed by atoms with Gasteiger partial charge in [-0.1, -0.05) is 23.2 Å². The summed E-state index contributed by atoms with van der Waals surface area (Å²) in [6.07, 6.45) is -0.509. The highest BCUT2D eigenvalue weighted by Gasteiger charge is 2.24. The summed E-state index contributed by atoms with van der Waals surface area (Å²) >= 11 is 12.0. The lowest BCUT2D eigenvalue weighted by molar-refractivity contribution is -0.137. The quantitative estimate of drug-likeness (QED) is 0.518. The number of amides is 1. The first-order chi connectivity index (χ1) is 14.2. The van der Waals surface area contributed by atoms with Crippen LogP contribution in [0.3, 0.4) is 0 Å². The van der Waals surface area contributed by atoms with Gasteiger partial charge in [0.15, 0.2) is 11.5 Å². The number of carboxylic acid groups (broad SMARTS) is 1. The number of nitrogens with one attached hydrogen (secondary N) is 1. The first kappa shape index (κ1) is 21.5. The van der Waals surface area contributed by atoms with E-state index in [1.54, 1.807) is 0 Å². The maximum atomic E-state index is 14.0. The molecular weight excluding hydrogens is 443 g/mol.